The van der Waals surface area contributed by atoms with Gasteiger partial charge in [0.1, 0.15) is 0 Å². The first kappa shape index (κ1) is 7.84. The molecule has 53 valence electrons. The molecule has 1 radical (unpaired) electrons. The van der Waals surface area contributed by atoms with Crippen molar-refractivity contribution in [1.82, 2.24) is 0 Å². The third-order valence-corrected chi connectivity index (χ3v) is 2.15. The van der Waals surface area contributed by atoms with Gasteiger partial charge in [0.25, 0.3) is 0 Å². The van der Waals surface area contributed by atoms with E-state index in [9.17, 15) is 0 Å². The Morgan fingerprint density at radius 1 is 1.10 bits per heavy atom. The van der Waals surface area contributed by atoms with Gasteiger partial charge in [-0.3, -0.25) is 0 Å². The van der Waals surface area contributed by atoms with Crippen molar-refractivity contribution in [2.24, 2.45) is 0 Å². The first-order valence-electron chi connectivity index (χ1n) is 3.37. The van der Waals surface area contributed by atoms with Crippen LogP contribution < -0.4 is 0 Å². The van der Waals surface area contributed by atoms with Crippen molar-refractivity contribution in [3.8, 4) is 0 Å². The molecule has 0 amide bonds. The predicted molar refractivity (Wildman–Crippen MR) is 45.4 cm³/mol. The van der Waals surface area contributed by atoms with Crippen molar-refractivity contribution in [1.29, 1.82) is 0 Å². The van der Waals surface area contributed by atoms with Crippen molar-refractivity contribution < 1.29 is 0 Å². The molecular formula is C9H11Se. The molecule has 0 atom stereocenters. The van der Waals surface area contributed by atoms with Gasteiger partial charge in [0.15, 0.2) is 0 Å². The van der Waals surface area contributed by atoms with Crippen LogP contribution >= 0.6 is 0 Å². The molecule has 10 heavy (non-hydrogen) atoms. The monoisotopic (exact) mass is 199 g/mol. The molecule has 1 aromatic carbocycles. The molecule has 0 unspecified atom stereocenters. The zero-order valence-electron chi connectivity index (χ0n) is 6.35. The molecule has 0 saturated carbocycles. The second-order valence-electron chi connectivity index (χ2n) is 2.64. The fraction of sp³-hybridized carbons (Fsp3) is 0.333. The maximum absolute atomic E-state index is 3.01. The van der Waals surface area contributed by atoms with E-state index in [1.165, 1.54) is 16.7 Å². The number of rotatable bonds is 1. The molecule has 1 aromatic rings. The number of aryl methyl sites for hydroxylation is 2. The summed E-state index contributed by atoms with van der Waals surface area (Å²) in [6.07, 6.45) is 0. The van der Waals surface area contributed by atoms with Crippen LogP contribution in [0.15, 0.2) is 18.2 Å². The average molecular weight is 198 g/mol. The van der Waals surface area contributed by atoms with Crippen LogP contribution in [0.1, 0.15) is 16.7 Å². The quantitative estimate of drug-likeness (QED) is 0.605. The number of benzene rings is 1. The van der Waals surface area contributed by atoms with E-state index in [-0.39, 0.29) is 0 Å². The van der Waals surface area contributed by atoms with Gasteiger partial charge in [-0.2, -0.15) is 0 Å². The Bertz CT molecular complexity index is 208. The summed E-state index contributed by atoms with van der Waals surface area (Å²) in [5.74, 6) is 0. The van der Waals surface area contributed by atoms with Gasteiger partial charge in [0.2, 0.25) is 0 Å². The Balaban J connectivity index is 3.06. The van der Waals surface area contributed by atoms with Crippen LogP contribution in [0.25, 0.3) is 0 Å². The fourth-order valence-electron chi connectivity index (χ4n) is 1.15. The Hall–Kier alpha value is -0.261. The van der Waals surface area contributed by atoms with Gasteiger partial charge in [-0.05, 0) is 0 Å². The molecule has 0 bridgehead atoms. The maximum atomic E-state index is 3.01. The Labute approximate surface area is 70.5 Å². The van der Waals surface area contributed by atoms with Crippen LogP contribution in [0.5, 0.6) is 0 Å². The second-order valence-corrected chi connectivity index (χ2v) is 3.25. The van der Waals surface area contributed by atoms with E-state index in [0.717, 1.165) is 5.32 Å². The van der Waals surface area contributed by atoms with E-state index in [4.69, 9.17) is 0 Å². The summed E-state index contributed by atoms with van der Waals surface area (Å²) in [7, 11) is 0. The van der Waals surface area contributed by atoms with Gasteiger partial charge < -0.3 is 0 Å². The molecule has 1 rings (SSSR count). The van der Waals surface area contributed by atoms with Gasteiger partial charge in [-0.1, -0.05) is 0 Å². The van der Waals surface area contributed by atoms with Crippen molar-refractivity contribution in [3.63, 3.8) is 0 Å². The van der Waals surface area contributed by atoms with Gasteiger partial charge in [-0.15, -0.1) is 0 Å². The SMILES string of the molecule is Cc1cc(C)cc(C[Se])c1. The van der Waals surface area contributed by atoms with Gasteiger partial charge in [0.05, 0.1) is 0 Å². The van der Waals surface area contributed by atoms with E-state index < -0.39 is 0 Å². The molecule has 0 N–H and O–H groups in total. The molecule has 0 spiro atoms. The van der Waals surface area contributed by atoms with E-state index in [2.05, 4.69) is 48.1 Å². The van der Waals surface area contributed by atoms with E-state index in [1.807, 2.05) is 0 Å². The van der Waals surface area contributed by atoms with E-state index in [0.29, 0.717) is 0 Å². The molecular weight excluding hydrogens is 187 g/mol. The molecule has 1 heteroatoms. The standard InChI is InChI=1S/C9H11Se/c1-7-3-8(2)5-9(4-7)6-10/h3-5H,6H2,1-2H3. The van der Waals surface area contributed by atoms with Crippen molar-refractivity contribution in [2.45, 2.75) is 19.2 Å². The molecule has 0 saturated heterocycles. The van der Waals surface area contributed by atoms with Crippen LogP contribution in [0.3, 0.4) is 0 Å². The van der Waals surface area contributed by atoms with Gasteiger partial charge >= 0.3 is 70.1 Å². The molecule has 0 aliphatic heterocycles. The fourth-order valence-corrected chi connectivity index (χ4v) is 1.50. The Morgan fingerprint density at radius 2 is 1.60 bits per heavy atom. The topological polar surface area (TPSA) is 0 Å². The van der Waals surface area contributed by atoms with Crippen LogP contribution in [-0.4, -0.2) is 16.0 Å². The van der Waals surface area contributed by atoms with Crippen LogP contribution in [0, 0.1) is 13.8 Å². The normalized spacial score (nSPS) is 9.90. The minimum absolute atomic E-state index is 1.02. The van der Waals surface area contributed by atoms with Gasteiger partial charge in [0, 0.05) is 0 Å². The first-order valence-corrected chi connectivity index (χ1v) is 4.59. The van der Waals surface area contributed by atoms with E-state index in [1.54, 1.807) is 0 Å². The molecule has 0 heterocycles. The summed E-state index contributed by atoms with van der Waals surface area (Å²) < 4.78 is 0. The average Bonchev–Trinajstić information content (AvgIpc) is 1.85. The Kier molecular flexibility index (Phi) is 2.53. The summed E-state index contributed by atoms with van der Waals surface area (Å²) in [5, 5.41) is 1.02. The van der Waals surface area contributed by atoms with Crippen molar-refractivity contribution in [3.05, 3.63) is 34.9 Å². The third kappa shape index (κ3) is 1.86. The summed E-state index contributed by atoms with van der Waals surface area (Å²) in [5.41, 5.74) is 4.09. The molecule has 0 aliphatic rings. The van der Waals surface area contributed by atoms with E-state index >= 15 is 0 Å². The summed E-state index contributed by atoms with van der Waals surface area (Å²) in [4.78, 5) is 0. The molecule has 0 aromatic heterocycles. The minimum atomic E-state index is 1.02. The van der Waals surface area contributed by atoms with Crippen LogP contribution in [-0.2, 0) is 5.32 Å². The van der Waals surface area contributed by atoms with Crippen molar-refractivity contribution >= 4 is 16.0 Å². The van der Waals surface area contributed by atoms with Crippen LogP contribution in [0.2, 0.25) is 0 Å². The zero-order chi connectivity index (χ0) is 7.56. The zero-order valence-corrected chi connectivity index (χ0v) is 8.06. The third-order valence-electron chi connectivity index (χ3n) is 1.45. The Morgan fingerprint density at radius 3 is 2.00 bits per heavy atom. The van der Waals surface area contributed by atoms with Gasteiger partial charge in [-0.25, -0.2) is 0 Å². The molecule has 0 nitrogen and oxygen atoms in total. The summed E-state index contributed by atoms with van der Waals surface area (Å²) in [6, 6.07) is 6.62. The summed E-state index contributed by atoms with van der Waals surface area (Å²) >= 11 is 3.01. The van der Waals surface area contributed by atoms with Crippen LogP contribution in [0.4, 0.5) is 0 Å². The first-order chi connectivity index (χ1) is 4.72. The molecule has 0 aliphatic carbocycles. The molecule has 0 fully saturated rings. The summed E-state index contributed by atoms with van der Waals surface area (Å²) in [6.45, 7) is 4.26. The number of hydrogen-bond acceptors (Lipinski definition) is 0. The predicted octanol–water partition coefficient (Wildman–Crippen LogP) is 1.97. The number of hydrogen-bond donors (Lipinski definition) is 0. The van der Waals surface area contributed by atoms with Crippen molar-refractivity contribution in [2.75, 3.05) is 0 Å². The second kappa shape index (κ2) is 3.23.